The van der Waals surface area contributed by atoms with Gasteiger partial charge in [0.05, 0.1) is 11.0 Å². The van der Waals surface area contributed by atoms with Gasteiger partial charge in [0.15, 0.2) is 0 Å². The van der Waals surface area contributed by atoms with Crippen LogP contribution in [-0.4, -0.2) is 4.57 Å². The molecule has 6 aliphatic rings. The van der Waals surface area contributed by atoms with Gasteiger partial charge in [0, 0.05) is 22.4 Å². The second-order valence-corrected chi connectivity index (χ2v) is 16.3. The smallest absolute Gasteiger partial charge is 0.0544 e. The topological polar surface area (TPSA) is 4.93 Å². The molecular formula is C51H47N. The van der Waals surface area contributed by atoms with E-state index in [9.17, 15) is 0 Å². The normalized spacial score (nSPS) is 24.8. The summed E-state index contributed by atoms with van der Waals surface area (Å²) in [4.78, 5) is 0. The van der Waals surface area contributed by atoms with E-state index in [1.807, 2.05) is 0 Å². The molecule has 1 aromatic heterocycles. The number of nitrogens with zero attached hydrogens (tertiary/aromatic N) is 1. The Bertz CT molecular complexity index is 2450. The Balaban J connectivity index is 1.10. The molecule has 0 spiro atoms. The van der Waals surface area contributed by atoms with Gasteiger partial charge in [-0.2, -0.15) is 0 Å². The lowest BCUT2D eigenvalue weighted by Crippen LogP contribution is -2.21. The Morgan fingerprint density at radius 2 is 1.58 bits per heavy atom. The number of allylic oxidation sites excluding steroid dienone is 11. The molecule has 0 fully saturated rings. The zero-order valence-electron chi connectivity index (χ0n) is 30.2. The van der Waals surface area contributed by atoms with Crippen molar-refractivity contribution in [2.24, 2.45) is 11.8 Å². The Labute approximate surface area is 308 Å². The van der Waals surface area contributed by atoms with Crippen LogP contribution in [0.25, 0.3) is 50.3 Å². The monoisotopic (exact) mass is 673 g/mol. The first-order valence-electron chi connectivity index (χ1n) is 20.2. The maximum Gasteiger partial charge on any atom is 0.0544 e. The van der Waals surface area contributed by atoms with Crippen molar-refractivity contribution >= 4 is 39.2 Å². The maximum atomic E-state index is 2.70. The summed E-state index contributed by atoms with van der Waals surface area (Å²) in [5, 5.41) is 2.89. The third-order valence-corrected chi connectivity index (χ3v) is 13.6. The van der Waals surface area contributed by atoms with E-state index in [2.05, 4.69) is 132 Å². The lowest BCUT2D eigenvalue weighted by Gasteiger charge is -2.34. The first kappa shape index (κ1) is 30.7. The second-order valence-electron chi connectivity index (χ2n) is 16.3. The lowest BCUT2D eigenvalue weighted by atomic mass is 9.70. The number of benzene rings is 4. The van der Waals surface area contributed by atoms with Gasteiger partial charge in [-0.05, 0) is 151 Å². The third-order valence-electron chi connectivity index (χ3n) is 13.6. The van der Waals surface area contributed by atoms with Gasteiger partial charge in [-0.1, -0.05) is 121 Å². The molecule has 0 saturated heterocycles. The van der Waals surface area contributed by atoms with Crippen molar-refractivity contribution in [2.45, 2.75) is 82.5 Å². The van der Waals surface area contributed by atoms with E-state index in [0.29, 0.717) is 17.8 Å². The van der Waals surface area contributed by atoms with Gasteiger partial charge in [-0.3, -0.25) is 0 Å². The summed E-state index contributed by atoms with van der Waals surface area (Å²) < 4.78 is 2.70. The predicted molar refractivity (Wildman–Crippen MR) is 220 cm³/mol. The Kier molecular flexibility index (Phi) is 7.31. The van der Waals surface area contributed by atoms with Crippen molar-refractivity contribution in [2.75, 3.05) is 0 Å². The van der Waals surface area contributed by atoms with Gasteiger partial charge in [-0.15, -0.1) is 0 Å². The fraction of sp³-hybridized carbons (Fsp3) is 0.294. The van der Waals surface area contributed by atoms with Gasteiger partial charge in [0.2, 0.25) is 0 Å². The minimum atomic E-state index is 0.390. The number of fused-ring (bicyclic) bond motifs is 8. The van der Waals surface area contributed by atoms with Crippen molar-refractivity contribution < 1.29 is 0 Å². The van der Waals surface area contributed by atoms with Crippen molar-refractivity contribution in [1.82, 2.24) is 4.57 Å². The second kappa shape index (κ2) is 12.4. The summed E-state index contributed by atoms with van der Waals surface area (Å²) in [5.41, 5.74) is 19.4. The SMILES string of the molecule is C1=CC2=C(CC1)c1c(ccc3c1c1ccc(-c4ccccc4)cc1n3C1=CCCC(c3cccc4c3CCC=C4)C1)C2C1=CCC2CCC=CC2C1. The Morgan fingerprint density at radius 3 is 2.54 bits per heavy atom. The van der Waals surface area contributed by atoms with Crippen molar-refractivity contribution in [3.05, 3.63) is 160 Å². The summed E-state index contributed by atoms with van der Waals surface area (Å²) >= 11 is 0. The van der Waals surface area contributed by atoms with E-state index in [0.717, 1.165) is 38.0 Å². The third kappa shape index (κ3) is 4.81. The first-order chi connectivity index (χ1) is 25.8. The van der Waals surface area contributed by atoms with Gasteiger partial charge in [0.25, 0.3) is 0 Å². The zero-order valence-corrected chi connectivity index (χ0v) is 30.2. The minimum Gasteiger partial charge on any atom is -0.313 e. The molecule has 4 aromatic carbocycles. The average Bonchev–Trinajstić information content (AvgIpc) is 3.73. The van der Waals surface area contributed by atoms with Crippen LogP contribution < -0.4 is 0 Å². The van der Waals surface area contributed by atoms with Crippen molar-refractivity contribution in [3.63, 3.8) is 0 Å². The highest BCUT2D eigenvalue weighted by Crippen LogP contribution is 2.56. The van der Waals surface area contributed by atoms with E-state index < -0.39 is 0 Å². The molecule has 52 heavy (non-hydrogen) atoms. The van der Waals surface area contributed by atoms with Gasteiger partial charge < -0.3 is 4.57 Å². The summed E-state index contributed by atoms with van der Waals surface area (Å²) in [5.74, 6) is 2.46. The molecule has 11 rings (SSSR count). The first-order valence-corrected chi connectivity index (χ1v) is 20.2. The quantitative estimate of drug-likeness (QED) is 0.167. The molecule has 0 N–H and O–H groups in total. The molecule has 0 aliphatic heterocycles. The van der Waals surface area contributed by atoms with Gasteiger partial charge in [-0.25, -0.2) is 0 Å². The zero-order chi connectivity index (χ0) is 34.2. The van der Waals surface area contributed by atoms with Crippen LogP contribution >= 0.6 is 0 Å². The van der Waals surface area contributed by atoms with Crippen molar-refractivity contribution in [1.29, 1.82) is 0 Å². The molecule has 1 heteroatoms. The van der Waals surface area contributed by atoms with Gasteiger partial charge >= 0.3 is 0 Å². The van der Waals surface area contributed by atoms with E-state index in [-0.39, 0.29) is 0 Å². The molecule has 0 bridgehead atoms. The van der Waals surface area contributed by atoms with Crippen LogP contribution in [0.1, 0.15) is 104 Å². The van der Waals surface area contributed by atoms with Crippen LogP contribution in [0.2, 0.25) is 0 Å². The molecule has 0 radical (unpaired) electrons. The van der Waals surface area contributed by atoms with Crippen LogP contribution in [0, 0.1) is 11.8 Å². The summed E-state index contributed by atoms with van der Waals surface area (Å²) in [7, 11) is 0. The van der Waals surface area contributed by atoms with Crippen molar-refractivity contribution in [3.8, 4) is 11.1 Å². The molecule has 1 nitrogen and oxygen atoms in total. The number of hydrogen-bond donors (Lipinski definition) is 0. The van der Waals surface area contributed by atoms with Crippen LogP contribution in [-0.2, 0) is 6.42 Å². The fourth-order valence-corrected chi connectivity index (χ4v) is 11.2. The highest BCUT2D eigenvalue weighted by atomic mass is 15.0. The largest absolute Gasteiger partial charge is 0.313 e. The number of aromatic nitrogens is 1. The van der Waals surface area contributed by atoms with E-state index in [1.165, 1.54) is 82.7 Å². The van der Waals surface area contributed by atoms with E-state index in [1.54, 1.807) is 39.0 Å². The van der Waals surface area contributed by atoms with Crippen LogP contribution in [0.5, 0.6) is 0 Å². The molecule has 1 heterocycles. The molecule has 0 saturated carbocycles. The molecular weight excluding hydrogens is 627 g/mol. The molecule has 0 amide bonds. The summed E-state index contributed by atoms with van der Waals surface area (Å²) in [6.45, 7) is 0. The Hall–Kier alpha value is -4.88. The molecule has 256 valence electrons. The molecule has 6 aliphatic carbocycles. The Morgan fingerprint density at radius 1 is 0.654 bits per heavy atom. The molecule has 4 atom stereocenters. The van der Waals surface area contributed by atoms with E-state index >= 15 is 0 Å². The van der Waals surface area contributed by atoms with Crippen LogP contribution in [0.15, 0.2) is 133 Å². The number of rotatable bonds is 4. The molecule has 5 aromatic rings. The lowest BCUT2D eigenvalue weighted by molar-refractivity contribution is 0.336. The van der Waals surface area contributed by atoms with Crippen LogP contribution in [0.4, 0.5) is 0 Å². The van der Waals surface area contributed by atoms with Gasteiger partial charge in [0.1, 0.15) is 0 Å². The highest BCUT2D eigenvalue weighted by Gasteiger charge is 2.38. The van der Waals surface area contributed by atoms with E-state index in [4.69, 9.17) is 0 Å². The fourth-order valence-electron chi connectivity index (χ4n) is 11.2. The van der Waals surface area contributed by atoms with Crippen LogP contribution in [0.3, 0.4) is 0 Å². The number of hydrogen-bond acceptors (Lipinski definition) is 0. The standard InChI is InChI=1S/C51H47N/c1-2-12-33(13-3-1)37-26-27-45-48(32-37)52(40-19-10-18-38(31-40)42-23-11-17-35-15-6-7-20-41(35)42)47-29-28-46-49(39-25-24-34-14-4-5-16-36(34)30-39)43-21-8-9-22-44(43)50(46)51(45)47/h1-3,5-6,8,11-13,15-17,19,21,23,25-29,32,34,36,38,49H,4,7,9-10,14,18,20,22,24,30-31H2. The summed E-state index contributed by atoms with van der Waals surface area (Å²) in [6, 6.07) is 30.4. The predicted octanol–water partition coefficient (Wildman–Crippen LogP) is 13.7. The summed E-state index contributed by atoms with van der Waals surface area (Å²) in [6.07, 6.45) is 33.0. The minimum absolute atomic E-state index is 0.390. The maximum absolute atomic E-state index is 2.70. The average molecular weight is 674 g/mol. The molecule has 4 unspecified atom stereocenters. The highest BCUT2D eigenvalue weighted by molar-refractivity contribution is 6.17.